The molecule has 1 N–H and O–H groups in total. The van der Waals surface area contributed by atoms with Gasteiger partial charge in [-0.25, -0.2) is 4.68 Å². The highest BCUT2D eigenvalue weighted by Gasteiger charge is 2.22. The standard InChI is InChI=1S/C24H22ClN5O/c1-2-17-4-3-5-21(16-17)30-23(19-11-13-26-14-12-19)22(28-29-30)24(31)27-15-10-18-6-8-20(25)9-7-18/h3-9,11-14,16H,2,10,15H2,1H3,(H,27,31). The minimum absolute atomic E-state index is 0.265. The Kier molecular flexibility index (Phi) is 6.38. The number of aromatic nitrogens is 4. The van der Waals surface area contributed by atoms with Crippen molar-refractivity contribution in [2.45, 2.75) is 19.8 Å². The molecule has 0 aliphatic carbocycles. The molecule has 31 heavy (non-hydrogen) atoms. The summed E-state index contributed by atoms with van der Waals surface area (Å²) in [5.74, 6) is -0.265. The highest BCUT2D eigenvalue weighted by Crippen LogP contribution is 2.25. The zero-order chi connectivity index (χ0) is 21.6. The summed E-state index contributed by atoms with van der Waals surface area (Å²) in [6.45, 7) is 2.58. The Hall–Kier alpha value is -3.51. The van der Waals surface area contributed by atoms with E-state index in [9.17, 15) is 4.79 Å². The van der Waals surface area contributed by atoms with Crippen LogP contribution in [0, 0.1) is 0 Å². The Morgan fingerprint density at radius 2 is 1.81 bits per heavy atom. The molecule has 0 saturated heterocycles. The Labute approximate surface area is 185 Å². The molecule has 0 aliphatic heterocycles. The van der Waals surface area contributed by atoms with Gasteiger partial charge in [-0.05, 0) is 60.4 Å². The van der Waals surface area contributed by atoms with Gasteiger partial charge in [0.2, 0.25) is 0 Å². The molecule has 0 unspecified atom stereocenters. The molecule has 2 heterocycles. The number of rotatable bonds is 7. The lowest BCUT2D eigenvalue weighted by atomic mass is 10.1. The number of nitrogens with zero attached hydrogens (tertiary/aromatic N) is 4. The van der Waals surface area contributed by atoms with Crippen molar-refractivity contribution in [3.8, 4) is 16.9 Å². The maximum absolute atomic E-state index is 13.0. The molecule has 2 aromatic heterocycles. The third-order valence-corrected chi connectivity index (χ3v) is 5.27. The zero-order valence-electron chi connectivity index (χ0n) is 17.1. The first-order valence-electron chi connectivity index (χ1n) is 10.1. The van der Waals surface area contributed by atoms with Crippen molar-refractivity contribution >= 4 is 17.5 Å². The summed E-state index contributed by atoms with van der Waals surface area (Å²) in [5.41, 5.74) is 4.88. The highest BCUT2D eigenvalue weighted by molar-refractivity contribution is 6.30. The predicted octanol–water partition coefficient (Wildman–Crippen LogP) is 4.52. The van der Waals surface area contributed by atoms with Gasteiger partial charge in [-0.1, -0.05) is 48.0 Å². The molecule has 1 amide bonds. The number of amides is 1. The van der Waals surface area contributed by atoms with Crippen LogP contribution in [-0.2, 0) is 12.8 Å². The summed E-state index contributed by atoms with van der Waals surface area (Å²) in [6, 6.07) is 19.4. The quantitative estimate of drug-likeness (QED) is 0.467. The average Bonchev–Trinajstić information content (AvgIpc) is 3.26. The average molecular weight is 432 g/mol. The van der Waals surface area contributed by atoms with Crippen molar-refractivity contribution in [3.05, 3.63) is 94.9 Å². The molecule has 0 bridgehead atoms. The summed E-state index contributed by atoms with van der Waals surface area (Å²) in [4.78, 5) is 17.1. The molecule has 0 atom stereocenters. The predicted molar refractivity (Wildman–Crippen MR) is 121 cm³/mol. The largest absolute Gasteiger partial charge is 0.350 e. The minimum Gasteiger partial charge on any atom is -0.350 e. The Morgan fingerprint density at radius 1 is 1.03 bits per heavy atom. The van der Waals surface area contributed by atoms with Crippen LogP contribution in [-0.4, -0.2) is 32.4 Å². The molecule has 0 spiro atoms. The maximum atomic E-state index is 13.0. The molecule has 6 nitrogen and oxygen atoms in total. The van der Waals surface area contributed by atoms with E-state index in [0.717, 1.165) is 23.2 Å². The van der Waals surface area contributed by atoms with Crippen LogP contribution in [0.3, 0.4) is 0 Å². The van der Waals surface area contributed by atoms with Crippen molar-refractivity contribution in [3.63, 3.8) is 0 Å². The van der Waals surface area contributed by atoms with E-state index in [4.69, 9.17) is 11.6 Å². The molecule has 0 aliphatic rings. The topological polar surface area (TPSA) is 72.7 Å². The van der Waals surface area contributed by atoms with E-state index in [-0.39, 0.29) is 11.6 Å². The van der Waals surface area contributed by atoms with Gasteiger partial charge in [-0.15, -0.1) is 5.10 Å². The molecule has 0 fully saturated rings. The molecule has 156 valence electrons. The van der Waals surface area contributed by atoms with Crippen LogP contribution in [0.1, 0.15) is 28.5 Å². The van der Waals surface area contributed by atoms with Gasteiger partial charge in [0.25, 0.3) is 5.91 Å². The number of hydrogen-bond acceptors (Lipinski definition) is 4. The smallest absolute Gasteiger partial charge is 0.274 e. The van der Waals surface area contributed by atoms with Gasteiger partial charge in [0, 0.05) is 29.5 Å². The summed E-state index contributed by atoms with van der Waals surface area (Å²) in [7, 11) is 0. The van der Waals surface area contributed by atoms with Crippen LogP contribution in [0.4, 0.5) is 0 Å². The monoisotopic (exact) mass is 431 g/mol. The molecular formula is C24H22ClN5O. The number of hydrogen-bond donors (Lipinski definition) is 1. The number of carbonyl (C=O) groups excluding carboxylic acids is 1. The van der Waals surface area contributed by atoms with E-state index < -0.39 is 0 Å². The zero-order valence-corrected chi connectivity index (χ0v) is 17.9. The summed E-state index contributed by atoms with van der Waals surface area (Å²) in [5, 5.41) is 12.2. The van der Waals surface area contributed by atoms with Crippen molar-refractivity contribution < 1.29 is 4.79 Å². The van der Waals surface area contributed by atoms with E-state index in [1.54, 1.807) is 17.1 Å². The van der Waals surface area contributed by atoms with Gasteiger partial charge < -0.3 is 5.32 Å². The van der Waals surface area contributed by atoms with Crippen LogP contribution in [0.15, 0.2) is 73.1 Å². The summed E-state index contributed by atoms with van der Waals surface area (Å²) < 4.78 is 1.71. The Bertz CT molecular complexity index is 1170. The summed E-state index contributed by atoms with van der Waals surface area (Å²) >= 11 is 5.93. The highest BCUT2D eigenvalue weighted by atomic mass is 35.5. The van der Waals surface area contributed by atoms with Gasteiger partial charge in [-0.3, -0.25) is 9.78 Å². The lowest BCUT2D eigenvalue weighted by Crippen LogP contribution is -2.26. The van der Waals surface area contributed by atoms with Crippen LogP contribution < -0.4 is 5.32 Å². The molecule has 2 aromatic carbocycles. The number of carbonyl (C=O) groups is 1. The number of aryl methyl sites for hydroxylation is 1. The van der Waals surface area contributed by atoms with Crippen molar-refractivity contribution in [2.75, 3.05) is 6.54 Å². The van der Waals surface area contributed by atoms with Crippen LogP contribution in [0.5, 0.6) is 0 Å². The lowest BCUT2D eigenvalue weighted by Gasteiger charge is -2.10. The summed E-state index contributed by atoms with van der Waals surface area (Å²) in [6.07, 6.45) is 4.99. The fraction of sp³-hybridized carbons (Fsp3) is 0.167. The third-order valence-electron chi connectivity index (χ3n) is 5.01. The van der Waals surface area contributed by atoms with Crippen LogP contribution >= 0.6 is 11.6 Å². The fourth-order valence-corrected chi connectivity index (χ4v) is 3.47. The second kappa shape index (κ2) is 9.53. The second-order valence-corrected chi connectivity index (χ2v) is 7.53. The number of nitrogens with one attached hydrogen (secondary N) is 1. The van der Waals surface area contributed by atoms with E-state index in [1.165, 1.54) is 5.56 Å². The third kappa shape index (κ3) is 4.81. The fourth-order valence-electron chi connectivity index (χ4n) is 3.35. The first kappa shape index (κ1) is 20.8. The van der Waals surface area contributed by atoms with Gasteiger partial charge in [0.05, 0.1) is 5.69 Å². The van der Waals surface area contributed by atoms with Gasteiger partial charge in [0.1, 0.15) is 5.69 Å². The normalized spacial score (nSPS) is 10.8. The van der Waals surface area contributed by atoms with Crippen LogP contribution in [0.25, 0.3) is 16.9 Å². The number of benzene rings is 2. The first-order chi connectivity index (χ1) is 15.2. The van der Waals surface area contributed by atoms with E-state index in [1.807, 2.05) is 48.5 Å². The van der Waals surface area contributed by atoms with E-state index >= 15 is 0 Å². The van der Waals surface area contributed by atoms with Gasteiger partial charge in [0.15, 0.2) is 5.69 Å². The van der Waals surface area contributed by atoms with Gasteiger partial charge in [-0.2, -0.15) is 0 Å². The molecule has 7 heteroatoms. The van der Waals surface area contributed by atoms with Crippen molar-refractivity contribution in [2.24, 2.45) is 0 Å². The molecular weight excluding hydrogens is 410 g/mol. The maximum Gasteiger partial charge on any atom is 0.274 e. The Balaban J connectivity index is 1.61. The van der Waals surface area contributed by atoms with Gasteiger partial charge >= 0.3 is 0 Å². The number of pyridine rings is 1. The van der Waals surface area contributed by atoms with Crippen molar-refractivity contribution in [1.82, 2.24) is 25.3 Å². The molecule has 0 radical (unpaired) electrons. The minimum atomic E-state index is -0.265. The molecule has 0 saturated carbocycles. The van der Waals surface area contributed by atoms with E-state index in [0.29, 0.717) is 23.7 Å². The SMILES string of the molecule is CCc1cccc(-n2nnc(C(=O)NCCc3ccc(Cl)cc3)c2-c2ccncc2)c1. The first-order valence-corrected chi connectivity index (χ1v) is 10.5. The number of halogens is 1. The van der Waals surface area contributed by atoms with E-state index in [2.05, 4.69) is 39.7 Å². The lowest BCUT2D eigenvalue weighted by molar-refractivity contribution is 0.0949. The molecule has 4 aromatic rings. The van der Waals surface area contributed by atoms with Crippen LogP contribution in [0.2, 0.25) is 5.02 Å². The Morgan fingerprint density at radius 3 is 2.55 bits per heavy atom. The van der Waals surface area contributed by atoms with Crippen molar-refractivity contribution in [1.29, 1.82) is 0 Å². The second-order valence-electron chi connectivity index (χ2n) is 7.09. The molecule has 4 rings (SSSR count).